The molecule has 0 aromatic heterocycles. The van der Waals surface area contributed by atoms with E-state index >= 15 is 0 Å². The minimum absolute atomic E-state index is 0.0368. The summed E-state index contributed by atoms with van der Waals surface area (Å²) >= 11 is 0. The van der Waals surface area contributed by atoms with Crippen molar-refractivity contribution in [2.75, 3.05) is 55.3 Å². The molecule has 8 heteroatoms. The third-order valence-corrected chi connectivity index (χ3v) is 14.7. The van der Waals surface area contributed by atoms with Crippen LogP contribution in [0.5, 0.6) is 23.0 Å². The van der Waals surface area contributed by atoms with Gasteiger partial charge in [-0.3, -0.25) is 9.69 Å². The Morgan fingerprint density at radius 3 is 1.66 bits per heavy atom. The molecule has 1 amide bonds. The molecule has 336 valence electrons. The smallest absolute Gasteiger partial charge is 0.246 e. The Morgan fingerprint density at radius 2 is 1.04 bits per heavy atom. The Bertz CT molecular complexity index is 3110. The highest BCUT2D eigenvalue weighted by Crippen LogP contribution is 2.58. The minimum Gasteiger partial charge on any atom is -0.496 e. The summed E-state index contributed by atoms with van der Waals surface area (Å²) in [5, 5.41) is 0. The molecule has 68 heavy (non-hydrogen) atoms. The summed E-state index contributed by atoms with van der Waals surface area (Å²) in [5.74, 6) is 3.43. The molecule has 2 unspecified atom stereocenters. The fourth-order valence-electron chi connectivity index (χ4n) is 11.5. The van der Waals surface area contributed by atoms with Crippen LogP contribution in [0.4, 0.5) is 17.1 Å². The van der Waals surface area contributed by atoms with Crippen molar-refractivity contribution in [3.63, 3.8) is 0 Å². The average molecular weight is 894 g/mol. The van der Waals surface area contributed by atoms with E-state index in [0.717, 1.165) is 63.0 Å². The molecule has 0 bridgehead atoms. The van der Waals surface area contributed by atoms with Crippen molar-refractivity contribution in [2.24, 2.45) is 0 Å². The second kappa shape index (κ2) is 16.4. The average Bonchev–Trinajstić information content (AvgIpc) is 4.19. The number of methoxy groups -OCH3 is 1. The number of hydrogen-bond donors (Lipinski definition) is 0. The standard InChI is InChI=1S/C30H26N2O2.C30H25NO3/c1-31-20-34-28-16-24-27(17-26(28)31)33-19-30(24)18-32(25-15-9-8-14-23(25)30)29(21-10-4-2-5-11-21)22-12-6-3-7-13-22;1-20-17-24-27(18-26(20)33-2)34-19-30(24)23-15-9-10-16-25(23)31(29(30)32)28(21-11-5-3-6-12-21)22-13-7-4-8-14-22/h2-17,29H,18-20H2,1H3;3-18,28H,19H2,1-2H3. The van der Waals surface area contributed by atoms with E-state index in [9.17, 15) is 4.79 Å². The first-order valence-corrected chi connectivity index (χ1v) is 23.4. The van der Waals surface area contributed by atoms with Crippen LogP contribution in [0, 0.1) is 6.92 Å². The van der Waals surface area contributed by atoms with E-state index in [0.29, 0.717) is 19.1 Å². The molecule has 0 fully saturated rings. The van der Waals surface area contributed by atoms with Crippen molar-refractivity contribution < 1.29 is 23.7 Å². The van der Waals surface area contributed by atoms with Gasteiger partial charge in [0.2, 0.25) is 5.91 Å². The van der Waals surface area contributed by atoms with Gasteiger partial charge < -0.3 is 28.7 Å². The van der Waals surface area contributed by atoms with Crippen molar-refractivity contribution in [1.82, 2.24) is 0 Å². The van der Waals surface area contributed by atoms with Gasteiger partial charge in [0.15, 0.2) is 6.73 Å². The number of ether oxygens (including phenoxy) is 4. The maximum atomic E-state index is 14.6. The summed E-state index contributed by atoms with van der Waals surface area (Å²) < 4.78 is 24.1. The summed E-state index contributed by atoms with van der Waals surface area (Å²) in [6, 6.07) is 67.3. The van der Waals surface area contributed by atoms with Crippen LogP contribution >= 0.6 is 0 Å². The summed E-state index contributed by atoms with van der Waals surface area (Å²) in [6.07, 6.45) is 0. The highest BCUT2D eigenvalue weighted by atomic mass is 16.5. The van der Waals surface area contributed by atoms with Crippen LogP contribution in [0.3, 0.4) is 0 Å². The zero-order valence-corrected chi connectivity index (χ0v) is 38.3. The van der Waals surface area contributed by atoms with Crippen LogP contribution in [0.1, 0.15) is 62.2 Å². The number of amides is 1. The monoisotopic (exact) mass is 893 g/mol. The molecule has 8 aromatic rings. The largest absolute Gasteiger partial charge is 0.496 e. The number of carbonyl (C=O) groups excluding carboxylic acids is 1. The van der Waals surface area contributed by atoms with Crippen LogP contribution in [0.2, 0.25) is 0 Å². The Labute approximate surface area is 397 Å². The highest BCUT2D eigenvalue weighted by molar-refractivity contribution is 6.12. The highest BCUT2D eigenvalue weighted by Gasteiger charge is 2.59. The first kappa shape index (κ1) is 41.5. The molecular weight excluding hydrogens is 843 g/mol. The Hall–Kier alpha value is -7.97. The summed E-state index contributed by atoms with van der Waals surface area (Å²) in [7, 11) is 3.71. The van der Waals surface area contributed by atoms with E-state index in [4.69, 9.17) is 18.9 Å². The van der Waals surface area contributed by atoms with E-state index in [2.05, 4.69) is 156 Å². The summed E-state index contributed by atoms with van der Waals surface area (Å²) in [4.78, 5) is 21.3. The van der Waals surface area contributed by atoms with E-state index in [-0.39, 0.29) is 30.0 Å². The summed E-state index contributed by atoms with van der Waals surface area (Å²) in [6.45, 7) is 4.35. The zero-order chi connectivity index (χ0) is 46.0. The van der Waals surface area contributed by atoms with Gasteiger partial charge in [0.05, 0.1) is 30.3 Å². The molecular formula is C60H51N3O5. The normalized spacial score (nSPS) is 19.0. The SMILES string of the molecule is CN1COc2cc3c(cc21)OCC31CN(C(c2ccccc2)c2ccccc2)c2ccccc21.COc1cc2c(cc1C)C1(CO2)C(=O)N(C(c2ccccc2)c2ccccc2)c2ccccc21. The molecule has 13 rings (SSSR count). The predicted octanol–water partition coefficient (Wildman–Crippen LogP) is 11.6. The molecule has 8 aromatic carbocycles. The maximum absolute atomic E-state index is 14.6. The lowest BCUT2D eigenvalue weighted by molar-refractivity contribution is -0.122. The van der Waals surface area contributed by atoms with Crippen molar-refractivity contribution in [3.05, 3.63) is 244 Å². The van der Waals surface area contributed by atoms with Crippen LogP contribution < -0.4 is 33.6 Å². The molecule has 0 N–H and O–H groups in total. The van der Waals surface area contributed by atoms with Crippen molar-refractivity contribution in [2.45, 2.75) is 29.8 Å². The van der Waals surface area contributed by atoms with Gasteiger partial charge in [0.1, 0.15) is 41.6 Å². The van der Waals surface area contributed by atoms with Gasteiger partial charge in [-0.05, 0) is 70.1 Å². The number of para-hydroxylation sites is 2. The number of rotatable bonds is 7. The molecule has 2 spiro atoms. The van der Waals surface area contributed by atoms with Gasteiger partial charge in [0.25, 0.3) is 0 Å². The maximum Gasteiger partial charge on any atom is 0.246 e. The van der Waals surface area contributed by atoms with Gasteiger partial charge in [-0.1, -0.05) is 158 Å². The van der Waals surface area contributed by atoms with Gasteiger partial charge >= 0.3 is 0 Å². The molecule has 0 radical (unpaired) electrons. The lowest BCUT2D eigenvalue weighted by atomic mass is 9.76. The van der Waals surface area contributed by atoms with E-state index in [1.54, 1.807) is 7.11 Å². The topological polar surface area (TPSA) is 63.7 Å². The van der Waals surface area contributed by atoms with Gasteiger partial charge in [-0.2, -0.15) is 0 Å². The first-order chi connectivity index (χ1) is 33.4. The fourth-order valence-corrected chi connectivity index (χ4v) is 11.5. The lowest BCUT2D eigenvalue weighted by Crippen LogP contribution is -2.44. The molecule has 5 aliphatic rings. The number of anilines is 3. The predicted molar refractivity (Wildman–Crippen MR) is 268 cm³/mol. The van der Waals surface area contributed by atoms with Crippen LogP contribution in [0.15, 0.2) is 194 Å². The van der Waals surface area contributed by atoms with Crippen molar-refractivity contribution >= 4 is 23.0 Å². The number of fused-ring (bicyclic) bond motifs is 9. The number of aryl methyl sites for hydroxylation is 1. The first-order valence-electron chi connectivity index (χ1n) is 23.4. The molecule has 5 heterocycles. The van der Waals surface area contributed by atoms with Gasteiger partial charge in [-0.15, -0.1) is 0 Å². The zero-order valence-electron chi connectivity index (χ0n) is 38.3. The van der Waals surface area contributed by atoms with E-state index in [1.165, 1.54) is 27.9 Å². The van der Waals surface area contributed by atoms with Gasteiger partial charge in [0, 0.05) is 48.2 Å². The van der Waals surface area contributed by atoms with Crippen molar-refractivity contribution in [1.29, 1.82) is 0 Å². The van der Waals surface area contributed by atoms with E-state index < -0.39 is 5.41 Å². The second-order valence-corrected chi connectivity index (χ2v) is 18.5. The third kappa shape index (κ3) is 6.38. The molecule has 5 aliphatic heterocycles. The molecule has 2 atom stereocenters. The lowest BCUT2D eigenvalue weighted by Gasteiger charge is -2.33. The molecule has 8 nitrogen and oxygen atoms in total. The minimum atomic E-state index is -0.884. The summed E-state index contributed by atoms with van der Waals surface area (Å²) in [5.41, 5.74) is 12.3. The molecule has 0 saturated heterocycles. The quantitative estimate of drug-likeness (QED) is 0.158. The Morgan fingerprint density at radius 1 is 0.515 bits per heavy atom. The third-order valence-electron chi connectivity index (χ3n) is 14.7. The number of benzene rings is 8. The van der Waals surface area contributed by atoms with Crippen LogP contribution in [-0.4, -0.2) is 46.6 Å². The second-order valence-electron chi connectivity index (χ2n) is 18.5. The Balaban J connectivity index is 0.000000141. The van der Waals surface area contributed by atoms with E-state index in [1.807, 2.05) is 66.4 Å². The fraction of sp³-hybridized carbons (Fsp3) is 0.183. The number of carbonyl (C=O) groups is 1. The van der Waals surface area contributed by atoms with Crippen molar-refractivity contribution in [3.8, 4) is 23.0 Å². The van der Waals surface area contributed by atoms with Crippen LogP contribution in [-0.2, 0) is 15.6 Å². The number of hydrogen-bond acceptors (Lipinski definition) is 7. The number of nitrogens with zero attached hydrogens (tertiary/aromatic N) is 3. The Kier molecular flexibility index (Phi) is 10.0. The molecule has 0 aliphatic carbocycles. The molecule has 0 saturated carbocycles. The van der Waals surface area contributed by atoms with Crippen LogP contribution in [0.25, 0.3) is 0 Å². The van der Waals surface area contributed by atoms with Gasteiger partial charge in [-0.25, -0.2) is 0 Å².